The first-order chi connectivity index (χ1) is 10.3. The molecule has 1 aliphatic carbocycles. The molecule has 0 spiro atoms. The first kappa shape index (κ1) is 14.3. The van der Waals surface area contributed by atoms with Gasteiger partial charge in [-0.25, -0.2) is 4.98 Å². The quantitative estimate of drug-likeness (QED) is 0.855. The molecule has 0 amide bonds. The fourth-order valence-electron chi connectivity index (χ4n) is 3.33. The minimum absolute atomic E-state index is 0.419. The molecule has 1 saturated heterocycles. The third-order valence-corrected chi connectivity index (χ3v) is 4.58. The van der Waals surface area contributed by atoms with Crippen LogP contribution in [0, 0.1) is 11.3 Å². The summed E-state index contributed by atoms with van der Waals surface area (Å²) in [5, 5.41) is 8.81. The maximum absolute atomic E-state index is 8.81. The molecular formula is C17H23N3O. The molecule has 0 radical (unpaired) electrons. The number of nitriles is 1. The summed E-state index contributed by atoms with van der Waals surface area (Å²) in [6.07, 6.45) is 11.3. The van der Waals surface area contributed by atoms with E-state index < -0.39 is 0 Å². The Labute approximate surface area is 126 Å². The van der Waals surface area contributed by atoms with Crippen LogP contribution in [0.25, 0.3) is 0 Å². The highest BCUT2D eigenvalue weighted by atomic mass is 16.5. The summed E-state index contributed by atoms with van der Waals surface area (Å²) in [6, 6.07) is 5.89. The van der Waals surface area contributed by atoms with E-state index in [4.69, 9.17) is 10.00 Å². The Morgan fingerprint density at radius 2 is 1.76 bits per heavy atom. The van der Waals surface area contributed by atoms with Crippen LogP contribution in [0.15, 0.2) is 18.3 Å². The molecule has 0 atom stereocenters. The van der Waals surface area contributed by atoms with Gasteiger partial charge < -0.3 is 9.64 Å². The van der Waals surface area contributed by atoms with Gasteiger partial charge >= 0.3 is 0 Å². The lowest BCUT2D eigenvalue weighted by Gasteiger charge is -2.35. The molecule has 2 heterocycles. The summed E-state index contributed by atoms with van der Waals surface area (Å²) in [5.74, 6) is 0.977. The van der Waals surface area contributed by atoms with Gasteiger partial charge in [0.2, 0.25) is 0 Å². The third kappa shape index (κ3) is 3.74. The second kappa shape index (κ2) is 6.91. The van der Waals surface area contributed by atoms with E-state index in [-0.39, 0.29) is 0 Å². The number of piperidine rings is 1. The fourth-order valence-corrected chi connectivity index (χ4v) is 3.33. The van der Waals surface area contributed by atoms with Crippen LogP contribution in [0.3, 0.4) is 0 Å². The average Bonchev–Trinajstić information content (AvgIpc) is 2.57. The van der Waals surface area contributed by atoms with E-state index >= 15 is 0 Å². The van der Waals surface area contributed by atoms with E-state index in [1.165, 1.54) is 32.1 Å². The Morgan fingerprint density at radius 3 is 2.38 bits per heavy atom. The zero-order valence-electron chi connectivity index (χ0n) is 12.5. The molecule has 21 heavy (non-hydrogen) atoms. The normalized spacial score (nSPS) is 21.2. The number of anilines is 1. The molecule has 2 aliphatic rings. The Hall–Kier alpha value is -1.60. The Bertz CT molecular complexity index is 480. The Morgan fingerprint density at radius 1 is 1.05 bits per heavy atom. The maximum atomic E-state index is 8.81. The lowest BCUT2D eigenvalue weighted by molar-refractivity contribution is -0.0395. The molecule has 1 aromatic heterocycles. The molecule has 4 heteroatoms. The highest BCUT2D eigenvalue weighted by molar-refractivity contribution is 5.42. The van der Waals surface area contributed by atoms with Crippen molar-refractivity contribution >= 4 is 5.82 Å². The predicted molar refractivity (Wildman–Crippen MR) is 82.1 cm³/mol. The zero-order chi connectivity index (χ0) is 14.5. The van der Waals surface area contributed by atoms with Crippen molar-refractivity contribution in [1.82, 2.24) is 4.98 Å². The number of ether oxygens (including phenoxy) is 1. The number of hydrogen-bond acceptors (Lipinski definition) is 4. The second-order valence-electron chi connectivity index (χ2n) is 6.10. The van der Waals surface area contributed by atoms with Gasteiger partial charge in [0.25, 0.3) is 0 Å². The van der Waals surface area contributed by atoms with Gasteiger partial charge in [-0.05, 0) is 37.8 Å². The summed E-state index contributed by atoms with van der Waals surface area (Å²) in [5.41, 5.74) is 0.620. The van der Waals surface area contributed by atoms with Gasteiger partial charge in [0.1, 0.15) is 11.9 Å². The van der Waals surface area contributed by atoms with Crippen LogP contribution >= 0.6 is 0 Å². The van der Waals surface area contributed by atoms with Crippen LogP contribution in [0.2, 0.25) is 0 Å². The largest absolute Gasteiger partial charge is 0.375 e. The molecule has 4 nitrogen and oxygen atoms in total. The van der Waals surface area contributed by atoms with Crippen LogP contribution < -0.4 is 4.90 Å². The number of rotatable bonds is 3. The summed E-state index contributed by atoms with van der Waals surface area (Å²) in [7, 11) is 0. The van der Waals surface area contributed by atoms with Crippen LogP contribution in [0.1, 0.15) is 50.5 Å². The van der Waals surface area contributed by atoms with Gasteiger partial charge in [-0.3, -0.25) is 0 Å². The molecule has 0 unspecified atom stereocenters. The van der Waals surface area contributed by atoms with Gasteiger partial charge in [-0.2, -0.15) is 5.26 Å². The SMILES string of the molecule is N#Cc1ccc(N2CCC(OC3CCCCC3)CC2)nc1. The van der Waals surface area contributed by atoms with E-state index in [0.717, 1.165) is 31.7 Å². The van der Waals surface area contributed by atoms with Crippen LogP contribution in [-0.4, -0.2) is 30.3 Å². The van der Waals surface area contributed by atoms with Gasteiger partial charge in [0.05, 0.1) is 17.8 Å². The maximum Gasteiger partial charge on any atom is 0.128 e. The van der Waals surface area contributed by atoms with Crippen molar-refractivity contribution < 1.29 is 4.74 Å². The van der Waals surface area contributed by atoms with Crippen molar-refractivity contribution in [2.45, 2.75) is 57.2 Å². The van der Waals surface area contributed by atoms with Crippen molar-refractivity contribution in [2.24, 2.45) is 0 Å². The highest BCUT2D eigenvalue weighted by Crippen LogP contribution is 2.26. The van der Waals surface area contributed by atoms with E-state index in [2.05, 4.69) is 16.0 Å². The summed E-state index contributed by atoms with van der Waals surface area (Å²) >= 11 is 0. The topological polar surface area (TPSA) is 49.2 Å². The molecule has 0 aromatic carbocycles. The lowest BCUT2D eigenvalue weighted by Crippen LogP contribution is -2.39. The summed E-state index contributed by atoms with van der Waals surface area (Å²) < 4.78 is 6.26. The van der Waals surface area contributed by atoms with Crippen LogP contribution in [-0.2, 0) is 4.74 Å². The van der Waals surface area contributed by atoms with Gasteiger partial charge in [-0.1, -0.05) is 19.3 Å². The van der Waals surface area contributed by atoms with Crippen molar-refractivity contribution in [1.29, 1.82) is 5.26 Å². The van der Waals surface area contributed by atoms with Crippen LogP contribution in [0.4, 0.5) is 5.82 Å². The molecule has 112 valence electrons. The minimum Gasteiger partial charge on any atom is -0.375 e. The first-order valence-corrected chi connectivity index (χ1v) is 8.12. The molecule has 0 N–H and O–H groups in total. The summed E-state index contributed by atoms with van der Waals surface area (Å²) in [4.78, 5) is 6.67. The van der Waals surface area contributed by atoms with E-state index in [1.807, 2.05) is 12.1 Å². The third-order valence-electron chi connectivity index (χ3n) is 4.58. The smallest absolute Gasteiger partial charge is 0.128 e. The molecule has 0 bridgehead atoms. The van der Waals surface area contributed by atoms with Crippen molar-refractivity contribution in [3.05, 3.63) is 23.9 Å². The monoisotopic (exact) mass is 285 g/mol. The van der Waals surface area contributed by atoms with E-state index in [0.29, 0.717) is 17.8 Å². The van der Waals surface area contributed by atoms with Gasteiger partial charge in [0, 0.05) is 19.3 Å². The molecule has 1 aromatic rings. The average molecular weight is 285 g/mol. The molecular weight excluding hydrogens is 262 g/mol. The number of aromatic nitrogens is 1. The standard InChI is InChI=1S/C17H23N3O/c18-12-14-6-7-17(19-13-14)20-10-8-16(9-11-20)21-15-4-2-1-3-5-15/h6-7,13,15-16H,1-5,8-11H2. The fraction of sp³-hybridized carbons (Fsp3) is 0.647. The zero-order valence-corrected chi connectivity index (χ0v) is 12.5. The first-order valence-electron chi connectivity index (χ1n) is 8.12. The molecule has 2 fully saturated rings. The Balaban J connectivity index is 1.49. The highest BCUT2D eigenvalue weighted by Gasteiger charge is 2.24. The van der Waals surface area contributed by atoms with E-state index in [9.17, 15) is 0 Å². The summed E-state index contributed by atoms with van der Waals surface area (Å²) in [6.45, 7) is 1.99. The second-order valence-corrected chi connectivity index (χ2v) is 6.10. The van der Waals surface area contributed by atoms with Crippen molar-refractivity contribution in [2.75, 3.05) is 18.0 Å². The van der Waals surface area contributed by atoms with Gasteiger partial charge in [-0.15, -0.1) is 0 Å². The van der Waals surface area contributed by atoms with Crippen molar-refractivity contribution in [3.8, 4) is 6.07 Å². The molecule has 1 aliphatic heterocycles. The van der Waals surface area contributed by atoms with Crippen LogP contribution in [0.5, 0.6) is 0 Å². The number of hydrogen-bond donors (Lipinski definition) is 0. The molecule has 3 rings (SSSR count). The number of nitrogens with zero attached hydrogens (tertiary/aromatic N) is 3. The minimum atomic E-state index is 0.419. The van der Waals surface area contributed by atoms with E-state index in [1.54, 1.807) is 6.20 Å². The molecule has 1 saturated carbocycles. The number of pyridine rings is 1. The predicted octanol–water partition coefficient (Wildman–Crippen LogP) is 3.27. The lowest BCUT2D eigenvalue weighted by atomic mass is 9.97. The Kier molecular flexibility index (Phi) is 4.72. The van der Waals surface area contributed by atoms with Crippen molar-refractivity contribution in [3.63, 3.8) is 0 Å². The van der Waals surface area contributed by atoms with Gasteiger partial charge in [0.15, 0.2) is 0 Å².